The largest absolute Gasteiger partial charge is 0.331 e. The van der Waals surface area contributed by atoms with Gasteiger partial charge in [0, 0.05) is 7.05 Å². The third kappa shape index (κ3) is 4.49. The third-order valence-corrected chi connectivity index (χ3v) is 5.34. The number of imidazole rings is 1. The van der Waals surface area contributed by atoms with Gasteiger partial charge in [0.2, 0.25) is 5.91 Å². The number of aromatic nitrogens is 4. The molecule has 0 spiro atoms. The molecule has 31 heavy (non-hydrogen) atoms. The molecule has 4 rings (SSSR count). The lowest BCUT2D eigenvalue weighted by Gasteiger charge is -2.03. The maximum Gasteiger partial charge on any atom is 0.247 e. The summed E-state index contributed by atoms with van der Waals surface area (Å²) in [6, 6.07) is 13.8. The molecule has 0 saturated heterocycles. The first-order chi connectivity index (χ1) is 14.9. The van der Waals surface area contributed by atoms with Gasteiger partial charge in [-0.1, -0.05) is 35.9 Å². The minimum atomic E-state index is -0.298. The summed E-state index contributed by atoms with van der Waals surface area (Å²) in [5, 5.41) is 8.81. The van der Waals surface area contributed by atoms with Crippen LogP contribution in [0.1, 0.15) is 22.6 Å². The molecule has 7 nitrogen and oxygen atoms in total. The molecule has 2 aromatic carbocycles. The fourth-order valence-corrected chi connectivity index (χ4v) is 3.57. The van der Waals surface area contributed by atoms with Crippen molar-refractivity contribution in [2.24, 2.45) is 12.1 Å². The van der Waals surface area contributed by atoms with Crippen LogP contribution in [-0.2, 0) is 24.8 Å². The molecule has 2 aromatic heterocycles. The molecule has 1 amide bonds. The van der Waals surface area contributed by atoms with Gasteiger partial charge < -0.3 is 4.57 Å². The molecule has 0 atom stereocenters. The van der Waals surface area contributed by atoms with Crippen molar-refractivity contribution in [1.29, 1.82) is 0 Å². The molecule has 0 fully saturated rings. The monoisotopic (exact) mass is 438 g/mol. The van der Waals surface area contributed by atoms with Crippen LogP contribution in [0.2, 0.25) is 5.15 Å². The summed E-state index contributed by atoms with van der Waals surface area (Å²) in [6.45, 7) is 2.20. The zero-order valence-electron chi connectivity index (χ0n) is 17.0. The first kappa shape index (κ1) is 20.7. The highest BCUT2D eigenvalue weighted by molar-refractivity contribution is 6.32. The first-order valence-electron chi connectivity index (χ1n) is 9.62. The third-order valence-electron chi connectivity index (χ3n) is 4.94. The molecule has 0 unspecified atom stereocenters. The minimum absolute atomic E-state index is 0.0963. The number of amides is 1. The summed E-state index contributed by atoms with van der Waals surface area (Å²) >= 11 is 6.43. The van der Waals surface area contributed by atoms with Crippen molar-refractivity contribution < 1.29 is 9.18 Å². The summed E-state index contributed by atoms with van der Waals surface area (Å²) in [7, 11) is 1.87. The number of benzene rings is 2. The number of hydrogen-bond donors (Lipinski definition) is 1. The topological polar surface area (TPSA) is 77.1 Å². The van der Waals surface area contributed by atoms with Gasteiger partial charge in [-0.15, -0.1) is 0 Å². The van der Waals surface area contributed by atoms with E-state index in [1.165, 1.54) is 18.3 Å². The van der Waals surface area contributed by atoms with E-state index >= 15 is 0 Å². The summed E-state index contributed by atoms with van der Waals surface area (Å²) in [5.74, 6) is 0.0612. The fraction of sp³-hybridized carbons (Fsp3) is 0.182. The van der Waals surface area contributed by atoms with Crippen molar-refractivity contribution in [3.8, 4) is 0 Å². The van der Waals surface area contributed by atoms with E-state index in [0.29, 0.717) is 28.8 Å². The lowest BCUT2D eigenvalue weighted by Crippen LogP contribution is -2.21. The number of carbonyl (C=O) groups is 1. The molecule has 0 bridgehead atoms. The number of para-hydroxylation sites is 2. The van der Waals surface area contributed by atoms with Gasteiger partial charge in [-0.3, -0.25) is 4.79 Å². The average Bonchev–Trinajstić information content (AvgIpc) is 3.20. The number of aryl methyl sites for hydroxylation is 2. The van der Waals surface area contributed by atoms with Crippen LogP contribution in [-0.4, -0.2) is 31.5 Å². The molecule has 0 aliphatic carbocycles. The number of nitrogens with one attached hydrogen (secondary N) is 1. The van der Waals surface area contributed by atoms with E-state index in [-0.39, 0.29) is 18.1 Å². The highest BCUT2D eigenvalue weighted by Gasteiger charge is 2.13. The van der Waals surface area contributed by atoms with Crippen molar-refractivity contribution in [1.82, 2.24) is 24.8 Å². The van der Waals surface area contributed by atoms with Gasteiger partial charge in [0.15, 0.2) is 0 Å². The van der Waals surface area contributed by atoms with E-state index in [0.717, 1.165) is 16.6 Å². The number of hydrazone groups is 1. The fourth-order valence-electron chi connectivity index (χ4n) is 3.29. The van der Waals surface area contributed by atoms with Crippen LogP contribution in [0.3, 0.4) is 0 Å². The van der Waals surface area contributed by atoms with Gasteiger partial charge >= 0.3 is 0 Å². The van der Waals surface area contributed by atoms with E-state index in [1.54, 1.807) is 23.7 Å². The van der Waals surface area contributed by atoms with E-state index < -0.39 is 0 Å². The van der Waals surface area contributed by atoms with Crippen LogP contribution in [0.4, 0.5) is 4.39 Å². The molecule has 158 valence electrons. The van der Waals surface area contributed by atoms with Crippen molar-refractivity contribution in [3.05, 3.63) is 82.1 Å². The van der Waals surface area contributed by atoms with Crippen LogP contribution >= 0.6 is 11.6 Å². The molecule has 2 heterocycles. The van der Waals surface area contributed by atoms with E-state index in [4.69, 9.17) is 11.6 Å². The Balaban J connectivity index is 1.42. The Morgan fingerprint density at radius 1 is 1.23 bits per heavy atom. The number of nitrogens with zero attached hydrogens (tertiary/aromatic N) is 5. The molecular weight excluding hydrogens is 419 g/mol. The second kappa shape index (κ2) is 8.69. The average molecular weight is 439 g/mol. The second-order valence-corrected chi connectivity index (χ2v) is 7.48. The van der Waals surface area contributed by atoms with E-state index in [2.05, 4.69) is 20.6 Å². The maximum atomic E-state index is 13.1. The molecular formula is C22H20ClFN6O. The first-order valence-corrected chi connectivity index (χ1v) is 9.99. The molecule has 9 heteroatoms. The van der Waals surface area contributed by atoms with Gasteiger partial charge in [-0.05, 0) is 36.8 Å². The number of fused-ring (bicyclic) bond motifs is 1. The second-order valence-electron chi connectivity index (χ2n) is 7.12. The van der Waals surface area contributed by atoms with Crippen molar-refractivity contribution in [2.45, 2.75) is 19.9 Å². The zero-order chi connectivity index (χ0) is 22.0. The smallest absolute Gasteiger partial charge is 0.247 e. The molecule has 1 N–H and O–H groups in total. The molecule has 0 saturated carbocycles. The maximum absolute atomic E-state index is 13.1. The Kier molecular flexibility index (Phi) is 5.81. The van der Waals surface area contributed by atoms with Gasteiger partial charge in [0.1, 0.15) is 16.8 Å². The normalized spacial score (nSPS) is 11.5. The molecule has 4 aromatic rings. The van der Waals surface area contributed by atoms with Gasteiger partial charge in [-0.25, -0.2) is 19.5 Å². The molecule has 0 aliphatic heterocycles. The minimum Gasteiger partial charge on any atom is -0.331 e. The van der Waals surface area contributed by atoms with Crippen molar-refractivity contribution in [3.63, 3.8) is 0 Å². The summed E-state index contributed by atoms with van der Waals surface area (Å²) in [5.41, 5.74) is 6.45. The summed E-state index contributed by atoms with van der Waals surface area (Å²) < 4.78 is 16.6. The SMILES string of the molecule is Cc1nn(Cc2ccc(F)cc2)c(Cl)c1/C=N/NC(=O)Cc1nc2ccccc2n1C. The van der Waals surface area contributed by atoms with Gasteiger partial charge in [0.05, 0.1) is 41.5 Å². The Morgan fingerprint density at radius 2 is 1.97 bits per heavy atom. The number of rotatable bonds is 6. The van der Waals surface area contributed by atoms with Crippen LogP contribution in [0.25, 0.3) is 11.0 Å². The van der Waals surface area contributed by atoms with E-state index in [9.17, 15) is 9.18 Å². The predicted octanol–water partition coefficient (Wildman–Crippen LogP) is 3.61. The Labute approximate surface area is 183 Å². The number of carbonyl (C=O) groups excluding carboxylic acids is 1. The predicted molar refractivity (Wildman–Crippen MR) is 118 cm³/mol. The standard InChI is InChI=1S/C22H20ClFN6O/c1-14-17(22(23)30(28-14)13-15-7-9-16(24)10-8-15)12-25-27-21(31)11-20-26-18-5-3-4-6-19(18)29(20)2/h3-10,12H,11,13H2,1-2H3,(H,27,31)/b25-12+. The number of hydrogen-bond acceptors (Lipinski definition) is 4. The quantitative estimate of drug-likeness (QED) is 0.369. The summed E-state index contributed by atoms with van der Waals surface area (Å²) in [6.07, 6.45) is 1.57. The molecule has 0 radical (unpaired) electrons. The van der Waals surface area contributed by atoms with Crippen LogP contribution in [0.15, 0.2) is 53.6 Å². The molecule has 0 aliphatic rings. The Morgan fingerprint density at radius 3 is 2.71 bits per heavy atom. The lowest BCUT2D eigenvalue weighted by molar-refractivity contribution is -0.120. The van der Waals surface area contributed by atoms with E-state index in [1.807, 2.05) is 35.9 Å². The highest BCUT2D eigenvalue weighted by Crippen LogP contribution is 2.19. The lowest BCUT2D eigenvalue weighted by atomic mass is 10.2. The van der Waals surface area contributed by atoms with Gasteiger partial charge in [-0.2, -0.15) is 10.2 Å². The highest BCUT2D eigenvalue weighted by atomic mass is 35.5. The number of halogens is 2. The van der Waals surface area contributed by atoms with Crippen molar-refractivity contribution >= 4 is 34.8 Å². The van der Waals surface area contributed by atoms with Gasteiger partial charge in [0.25, 0.3) is 0 Å². The van der Waals surface area contributed by atoms with Crippen LogP contribution < -0.4 is 5.43 Å². The Bertz CT molecular complexity index is 1280. The van der Waals surface area contributed by atoms with Crippen LogP contribution in [0.5, 0.6) is 0 Å². The zero-order valence-corrected chi connectivity index (χ0v) is 17.8. The van der Waals surface area contributed by atoms with Crippen molar-refractivity contribution in [2.75, 3.05) is 0 Å². The van der Waals surface area contributed by atoms with Crippen LogP contribution in [0, 0.1) is 12.7 Å². The summed E-state index contributed by atoms with van der Waals surface area (Å²) in [4.78, 5) is 16.8. The Hall–Kier alpha value is -3.52.